The Balaban J connectivity index is 1.76. The van der Waals surface area contributed by atoms with E-state index in [2.05, 4.69) is 15.4 Å². The number of rotatable bonds is 4. The van der Waals surface area contributed by atoms with Crippen molar-refractivity contribution in [1.82, 2.24) is 14.8 Å². The summed E-state index contributed by atoms with van der Waals surface area (Å²) in [6, 6.07) is 18.8. The highest BCUT2D eigenvalue weighted by Crippen LogP contribution is 2.25. The van der Waals surface area contributed by atoms with Crippen LogP contribution in [0.3, 0.4) is 0 Å². The van der Waals surface area contributed by atoms with Crippen molar-refractivity contribution in [3.05, 3.63) is 94.5 Å². The van der Waals surface area contributed by atoms with Gasteiger partial charge in [-0.15, -0.1) is 5.10 Å². The molecule has 0 saturated heterocycles. The summed E-state index contributed by atoms with van der Waals surface area (Å²) >= 11 is 6.14. The minimum atomic E-state index is -0.463. The summed E-state index contributed by atoms with van der Waals surface area (Å²) in [6.45, 7) is 3.81. The number of halogens is 2. The lowest BCUT2D eigenvalue weighted by molar-refractivity contribution is 0.101. The van der Waals surface area contributed by atoms with Gasteiger partial charge in [0.05, 0.1) is 5.69 Å². The van der Waals surface area contributed by atoms with Crippen LogP contribution in [0.25, 0.3) is 17.1 Å². The highest BCUT2D eigenvalue weighted by atomic mass is 35.5. The van der Waals surface area contributed by atoms with Gasteiger partial charge in [-0.25, -0.2) is 14.1 Å². The molecule has 1 aromatic heterocycles. The first-order chi connectivity index (χ1) is 14.4. The van der Waals surface area contributed by atoms with Crippen LogP contribution < -0.4 is 5.32 Å². The molecule has 1 amide bonds. The first-order valence-corrected chi connectivity index (χ1v) is 9.66. The van der Waals surface area contributed by atoms with Gasteiger partial charge in [0.25, 0.3) is 5.91 Å². The molecule has 0 aliphatic heterocycles. The Hall–Kier alpha value is -3.51. The highest BCUT2D eigenvalue weighted by molar-refractivity contribution is 6.31. The average molecular weight is 421 g/mol. The van der Waals surface area contributed by atoms with Crippen LogP contribution in [-0.4, -0.2) is 20.7 Å². The van der Waals surface area contributed by atoms with Gasteiger partial charge in [0.1, 0.15) is 5.82 Å². The molecule has 5 nitrogen and oxygen atoms in total. The molecule has 30 heavy (non-hydrogen) atoms. The number of carbonyl (C=O) groups excluding carboxylic acids is 1. The number of nitrogens with one attached hydrogen (secondary N) is 1. The molecule has 3 aromatic carbocycles. The summed E-state index contributed by atoms with van der Waals surface area (Å²) in [5, 5.41) is 7.76. The topological polar surface area (TPSA) is 59.8 Å². The molecular weight excluding hydrogens is 403 g/mol. The third-order valence-electron chi connectivity index (χ3n) is 4.71. The number of benzene rings is 3. The molecule has 0 fully saturated rings. The largest absolute Gasteiger partial charge is 0.319 e. The Morgan fingerprint density at radius 2 is 1.70 bits per heavy atom. The maximum Gasteiger partial charge on any atom is 0.295 e. The van der Waals surface area contributed by atoms with Crippen LogP contribution in [0.1, 0.15) is 21.7 Å². The molecule has 1 heterocycles. The van der Waals surface area contributed by atoms with E-state index < -0.39 is 5.91 Å². The summed E-state index contributed by atoms with van der Waals surface area (Å²) in [6.07, 6.45) is 0. The van der Waals surface area contributed by atoms with Crippen LogP contribution in [0.2, 0.25) is 5.02 Å². The first-order valence-electron chi connectivity index (χ1n) is 9.29. The predicted molar refractivity (Wildman–Crippen MR) is 116 cm³/mol. The van der Waals surface area contributed by atoms with Gasteiger partial charge in [-0.1, -0.05) is 47.5 Å². The van der Waals surface area contributed by atoms with Crippen molar-refractivity contribution in [3.8, 4) is 17.1 Å². The van der Waals surface area contributed by atoms with Crippen molar-refractivity contribution in [1.29, 1.82) is 0 Å². The Kier molecular flexibility index (Phi) is 5.33. The van der Waals surface area contributed by atoms with Crippen molar-refractivity contribution < 1.29 is 9.18 Å². The smallest absolute Gasteiger partial charge is 0.295 e. The van der Waals surface area contributed by atoms with Crippen LogP contribution in [-0.2, 0) is 0 Å². The lowest BCUT2D eigenvalue weighted by Crippen LogP contribution is -2.15. The van der Waals surface area contributed by atoms with Crippen molar-refractivity contribution in [3.63, 3.8) is 0 Å². The first kappa shape index (κ1) is 19.8. The zero-order chi connectivity index (χ0) is 21.3. The molecule has 0 aliphatic rings. The maximum absolute atomic E-state index is 13.4. The second-order valence-corrected chi connectivity index (χ2v) is 7.29. The van der Waals surface area contributed by atoms with Crippen LogP contribution in [0.5, 0.6) is 0 Å². The molecule has 0 aliphatic carbocycles. The van der Waals surface area contributed by atoms with E-state index in [0.717, 1.165) is 16.7 Å². The number of hydrogen-bond donors (Lipinski definition) is 1. The van der Waals surface area contributed by atoms with E-state index in [1.165, 1.54) is 16.8 Å². The van der Waals surface area contributed by atoms with Gasteiger partial charge in [-0.3, -0.25) is 4.79 Å². The summed E-state index contributed by atoms with van der Waals surface area (Å²) < 4.78 is 14.9. The fraction of sp³-hybridized carbons (Fsp3) is 0.0870. The second kappa shape index (κ2) is 8.08. The van der Waals surface area contributed by atoms with Crippen molar-refractivity contribution in [2.24, 2.45) is 0 Å². The minimum Gasteiger partial charge on any atom is -0.319 e. The number of amides is 1. The Labute approximate surface area is 178 Å². The average Bonchev–Trinajstić information content (AvgIpc) is 3.18. The van der Waals surface area contributed by atoms with E-state index in [0.29, 0.717) is 22.2 Å². The fourth-order valence-electron chi connectivity index (χ4n) is 2.98. The quantitative estimate of drug-likeness (QED) is 0.467. The number of hydrogen-bond acceptors (Lipinski definition) is 3. The van der Waals surface area contributed by atoms with Crippen molar-refractivity contribution >= 4 is 23.2 Å². The third kappa shape index (κ3) is 3.95. The van der Waals surface area contributed by atoms with Gasteiger partial charge in [0.2, 0.25) is 5.82 Å². The molecule has 0 radical (unpaired) electrons. The van der Waals surface area contributed by atoms with Gasteiger partial charge in [-0.05, 0) is 55.8 Å². The molecule has 1 N–H and O–H groups in total. The zero-order valence-corrected chi connectivity index (χ0v) is 17.1. The van der Waals surface area contributed by atoms with E-state index in [1.54, 1.807) is 30.3 Å². The minimum absolute atomic E-state index is 0.00530. The Bertz CT molecular complexity index is 1150. The van der Waals surface area contributed by atoms with Gasteiger partial charge in [-0.2, -0.15) is 0 Å². The second-order valence-electron chi connectivity index (χ2n) is 6.88. The molecule has 150 valence electrons. The predicted octanol–water partition coefficient (Wildman–Crippen LogP) is 5.60. The van der Waals surface area contributed by atoms with Gasteiger partial charge >= 0.3 is 0 Å². The molecule has 0 atom stereocenters. The van der Waals surface area contributed by atoms with Crippen LogP contribution in [0.4, 0.5) is 10.1 Å². The third-order valence-corrected chi connectivity index (χ3v) is 5.12. The van der Waals surface area contributed by atoms with Gasteiger partial charge in [0.15, 0.2) is 5.82 Å². The summed E-state index contributed by atoms with van der Waals surface area (Å²) in [4.78, 5) is 17.3. The van der Waals surface area contributed by atoms with Crippen LogP contribution in [0, 0.1) is 19.7 Å². The lowest BCUT2D eigenvalue weighted by Gasteiger charge is -2.07. The van der Waals surface area contributed by atoms with E-state index in [1.807, 2.05) is 38.1 Å². The van der Waals surface area contributed by atoms with Crippen molar-refractivity contribution in [2.75, 3.05) is 5.32 Å². The molecule has 0 unspecified atom stereocenters. The Morgan fingerprint density at radius 3 is 2.40 bits per heavy atom. The molecule has 0 saturated carbocycles. The Morgan fingerprint density at radius 1 is 1.00 bits per heavy atom. The summed E-state index contributed by atoms with van der Waals surface area (Å²) in [5.74, 6) is -0.344. The van der Waals surface area contributed by atoms with E-state index >= 15 is 0 Å². The van der Waals surface area contributed by atoms with Crippen LogP contribution in [0.15, 0.2) is 66.7 Å². The molecular formula is C23H18ClFN4O. The highest BCUT2D eigenvalue weighted by Gasteiger charge is 2.20. The van der Waals surface area contributed by atoms with Crippen molar-refractivity contribution in [2.45, 2.75) is 13.8 Å². The van der Waals surface area contributed by atoms with Gasteiger partial charge in [0, 0.05) is 16.3 Å². The number of carbonyl (C=O) groups is 1. The zero-order valence-electron chi connectivity index (χ0n) is 16.4. The van der Waals surface area contributed by atoms with E-state index in [4.69, 9.17) is 11.6 Å². The summed E-state index contributed by atoms with van der Waals surface area (Å²) in [7, 11) is 0. The van der Waals surface area contributed by atoms with E-state index in [-0.39, 0.29) is 11.6 Å². The summed E-state index contributed by atoms with van der Waals surface area (Å²) in [5.41, 5.74) is 3.82. The van der Waals surface area contributed by atoms with E-state index in [9.17, 15) is 9.18 Å². The fourth-order valence-corrected chi connectivity index (χ4v) is 3.16. The van der Waals surface area contributed by atoms with Gasteiger partial charge < -0.3 is 5.32 Å². The molecule has 0 spiro atoms. The van der Waals surface area contributed by atoms with Crippen LogP contribution >= 0.6 is 11.6 Å². The lowest BCUT2D eigenvalue weighted by atomic mass is 10.1. The maximum atomic E-state index is 13.4. The number of aromatic nitrogens is 3. The number of aryl methyl sites for hydroxylation is 1. The number of anilines is 1. The number of nitrogens with zero attached hydrogens (tertiary/aromatic N) is 3. The standard InChI is InChI=1S/C23H18ClFN4O/c1-14-6-8-16(9-7-14)22-27-21(28-29(22)18-12-10-17(25)11-13-18)23(30)26-20-5-3-4-19(24)15(20)2/h3-13H,1-2H3,(H,26,30). The SMILES string of the molecule is Cc1ccc(-c2nc(C(=O)Nc3cccc(Cl)c3C)nn2-c2ccc(F)cc2)cc1. The monoisotopic (exact) mass is 420 g/mol. The normalized spacial score (nSPS) is 10.8. The molecule has 0 bridgehead atoms. The molecule has 7 heteroatoms. The molecule has 4 aromatic rings. The molecule has 4 rings (SSSR count).